The number of hydrogen-bond acceptors (Lipinski definition) is 2. The first-order chi connectivity index (χ1) is 9.18. The van der Waals surface area contributed by atoms with Crippen LogP contribution in [0.15, 0.2) is 18.2 Å². The fourth-order valence-corrected chi connectivity index (χ4v) is 3.76. The van der Waals surface area contributed by atoms with Gasteiger partial charge in [-0.3, -0.25) is 0 Å². The predicted octanol–water partition coefficient (Wildman–Crippen LogP) is 4.33. The second kappa shape index (κ2) is 5.28. The van der Waals surface area contributed by atoms with E-state index < -0.39 is 0 Å². The Kier molecular flexibility index (Phi) is 4.16. The summed E-state index contributed by atoms with van der Waals surface area (Å²) in [7, 11) is 1.84. The molecule has 1 saturated heterocycles. The molecule has 0 amide bonds. The van der Waals surface area contributed by atoms with Crippen molar-refractivity contribution in [3.05, 3.63) is 34.6 Å². The molecule has 112 valence electrons. The van der Waals surface area contributed by atoms with Gasteiger partial charge in [0.2, 0.25) is 0 Å². The molecule has 2 nitrogen and oxygen atoms in total. The number of hydrogen-bond donors (Lipinski definition) is 1. The maximum Gasteiger partial charge on any atom is 0.129 e. The second-order valence-electron chi connectivity index (χ2n) is 6.68. The molecule has 0 aromatic heterocycles. The van der Waals surface area contributed by atoms with Crippen LogP contribution in [0.2, 0.25) is 5.02 Å². The Morgan fingerprint density at radius 2 is 2.00 bits per heavy atom. The highest BCUT2D eigenvalue weighted by Crippen LogP contribution is 2.48. The monoisotopic (exact) mass is 299 g/mol. The standard InChI is InChI=1S/C16H23ClFNO/c1-15(2)9-10(16(3,4)20-15)14(19-5)13-11(17)7-6-8-12(13)18/h6-8,10,14,19H,9H2,1-5H3. The van der Waals surface area contributed by atoms with E-state index in [1.807, 2.05) is 7.05 Å². The zero-order valence-corrected chi connectivity index (χ0v) is 13.5. The predicted molar refractivity (Wildman–Crippen MR) is 80.6 cm³/mol. The summed E-state index contributed by atoms with van der Waals surface area (Å²) in [5.74, 6) is -0.116. The van der Waals surface area contributed by atoms with Crippen molar-refractivity contribution in [1.82, 2.24) is 5.32 Å². The first kappa shape index (κ1) is 15.7. The molecule has 4 heteroatoms. The maximum atomic E-state index is 14.2. The van der Waals surface area contributed by atoms with Gasteiger partial charge in [-0.1, -0.05) is 17.7 Å². The average Bonchev–Trinajstić information content (AvgIpc) is 2.52. The second-order valence-corrected chi connectivity index (χ2v) is 7.08. The van der Waals surface area contributed by atoms with Gasteiger partial charge in [0, 0.05) is 22.5 Å². The molecule has 1 aromatic carbocycles. The molecule has 1 aromatic rings. The van der Waals surface area contributed by atoms with Crippen LogP contribution in [0.25, 0.3) is 0 Å². The van der Waals surface area contributed by atoms with E-state index in [1.54, 1.807) is 12.1 Å². The molecule has 2 rings (SSSR count). The summed E-state index contributed by atoms with van der Waals surface area (Å²) in [5, 5.41) is 3.69. The maximum absolute atomic E-state index is 14.2. The highest BCUT2D eigenvalue weighted by Gasteiger charge is 2.49. The highest BCUT2D eigenvalue weighted by atomic mass is 35.5. The lowest BCUT2D eigenvalue weighted by Gasteiger charge is -2.33. The quantitative estimate of drug-likeness (QED) is 0.897. The summed E-state index contributed by atoms with van der Waals surface area (Å²) in [5.41, 5.74) is 0.0000912. The summed E-state index contributed by atoms with van der Waals surface area (Å²) in [6.45, 7) is 8.27. The molecule has 0 bridgehead atoms. The van der Waals surface area contributed by atoms with Crippen LogP contribution in [0, 0.1) is 11.7 Å². The van der Waals surface area contributed by atoms with Gasteiger partial charge >= 0.3 is 0 Å². The van der Waals surface area contributed by atoms with E-state index >= 15 is 0 Å². The van der Waals surface area contributed by atoms with Crippen LogP contribution in [0.1, 0.15) is 45.7 Å². The van der Waals surface area contributed by atoms with Gasteiger partial charge in [0.1, 0.15) is 5.82 Å². The lowest BCUT2D eigenvalue weighted by atomic mass is 9.79. The molecular formula is C16H23ClFNO. The Labute approximate surface area is 125 Å². The SMILES string of the molecule is CNC(c1c(F)cccc1Cl)C1CC(C)(C)OC1(C)C. The number of ether oxygens (including phenoxy) is 1. The smallest absolute Gasteiger partial charge is 0.129 e. The van der Waals surface area contributed by atoms with Crippen LogP contribution in [0.5, 0.6) is 0 Å². The zero-order chi connectivity index (χ0) is 15.1. The normalized spacial score (nSPS) is 25.6. The summed E-state index contributed by atoms with van der Waals surface area (Å²) >= 11 is 6.22. The van der Waals surface area contributed by atoms with Crippen LogP contribution >= 0.6 is 11.6 Å². The lowest BCUT2D eigenvalue weighted by Crippen LogP contribution is -2.37. The Hall–Kier alpha value is -0.640. The minimum absolute atomic E-state index is 0.150. The molecule has 0 spiro atoms. The van der Waals surface area contributed by atoms with Crippen LogP contribution in [0.4, 0.5) is 4.39 Å². The third-order valence-corrected chi connectivity index (χ3v) is 4.50. The fraction of sp³-hybridized carbons (Fsp3) is 0.625. The van der Waals surface area contributed by atoms with Gasteiger partial charge in [-0.05, 0) is 53.3 Å². The molecule has 0 radical (unpaired) electrons. The molecule has 1 fully saturated rings. The molecule has 1 aliphatic rings. The fourth-order valence-electron chi connectivity index (χ4n) is 3.48. The lowest BCUT2D eigenvalue weighted by molar-refractivity contribution is -0.0777. The van der Waals surface area contributed by atoms with Crippen molar-refractivity contribution in [1.29, 1.82) is 0 Å². The topological polar surface area (TPSA) is 21.3 Å². The van der Waals surface area contributed by atoms with E-state index in [1.165, 1.54) is 6.07 Å². The van der Waals surface area contributed by atoms with Crippen molar-refractivity contribution >= 4 is 11.6 Å². The third kappa shape index (κ3) is 2.85. The molecule has 1 heterocycles. The molecule has 1 aliphatic heterocycles. The van der Waals surface area contributed by atoms with Crippen molar-refractivity contribution in [2.24, 2.45) is 5.92 Å². The summed E-state index contributed by atoms with van der Waals surface area (Å²) in [4.78, 5) is 0. The van der Waals surface area contributed by atoms with Gasteiger partial charge in [0.25, 0.3) is 0 Å². The van der Waals surface area contributed by atoms with Crippen molar-refractivity contribution in [2.45, 2.75) is 51.4 Å². The summed E-state index contributed by atoms with van der Waals surface area (Å²) in [6, 6.07) is 4.66. The van der Waals surface area contributed by atoms with E-state index in [2.05, 4.69) is 33.0 Å². The molecule has 1 N–H and O–H groups in total. The first-order valence-corrected chi connectivity index (χ1v) is 7.37. The van der Waals surface area contributed by atoms with Gasteiger partial charge in [-0.25, -0.2) is 4.39 Å². The van der Waals surface area contributed by atoms with Crippen LogP contribution in [-0.2, 0) is 4.74 Å². The average molecular weight is 300 g/mol. The van der Waals surface area contributed by atoms with E-state index in [9.17, 15) is 4.39 Å². The Bertz CT molecular complexity index is 481. The van der Waals surface area contributed by atoms with Crippen LogP contribution in [-0.4, -0.2) is 18.2 Å². The third-order valence-electron chi connectivity index (χ3n) is 4.17. The van der Waals surface area contributed by atoms with Gasteiger partial charge in [-0.15, -0.1) is 0 Å². The van der Waals surface area contributed by atoms with E-state index in [4.69, 9.17) is 16.3 Å². The van der Waals surface area contributed by atoms with Crippen molar-refractivity contribution < 1.29 is 9.13 Å². The number of rotatable bonds is 3. The van der Waals surface area contributed by atoms with E-state index in [0.29, 0.717) is 10.6 Å². The Balaban J connectivity index is 2.43. The Morgan fingerprint density at radius 3 is 2.45 bits per heavy atom. The van der Waals surface area contributed by atoms with Crippen LogP contribution < -0.4 is 5.32 Å². The minimum Gasteiger partial charge on any atom is -0.369 e. The molecule has 0 aliphatic carbocycles. The van der Waals surface area contributed by atoms with E-state index in [0.717, 1.165) is 6.42 Å². The zero-order valence-electron chi connectivity index (χ0n) is 12.8. The van der Waals surface area contributed by atoms with Gasteiger partial charge in [0.05, 0.1) is 11.2 Å². The summed E-state index contributed by atoms with van der Waals surface area (Å²) in [6.07, 6.45) is 0.857. The summed E-state index contributed by atoms with van der Waals surface area (Å²) < 4.78 is 20.3. The highest BCUT2D eigenvalue weighted by molar-refractivity contribution is 6.31. The number of nitrogens with one attached hydrogen (secondary N) is 1. The molecule has 0 saturated carbocycles. The van der Waals surface area contributed by atoms with E-state index in [-0.39, 0.29) is 29.0 Å². The number of benzene rings is 1. The van der Waals surface area contributed by atoms with Gasteiger partial charge < -0.3 is 10.1 Å². The number of halogens is 2. The van der Waals surface area contributed by atoms with Crippen LogP contribution in [0.3, 0.4) is 0 Å². The van der Waals surface area contributed by atoms with Crippen molar-refractivity contribution in [3.8, 4) is 0 Å². The van der Waals surface area contributed by atoms with Crippen molar-refractivity contribution in [3.63, 3.8) is 0 Å². The molecule has 2 unspecified atom stereocenters. The molecule has 20 heavy (non-hydrogen) atoms. The molecular weight excluding hydrogens is 277 g/mol. The van der Waals surface area contributed by atoms with Crippen molar-refractivity contribution in [2.75, 3.05) is 7.05 Å². The Morgan fingerprint density at radius 1 is 1.35 bits per heavy atom. The minimum atomic E-state index is -0.331. The molecule has 2 atom stereocenters. The first-order valence-electron chi connectivity index (χ1n) is 6.99. The van der Waals surface area contributed by atoms with Gasteiger partial charge in [-0.2, -0.15) is 0 Å². The largest absolute Gasteiger partial charge is 0.369 e. The van der Waals surface area contributed by atoms with Gasteiger partial charge in [0.15, 0.2) is 0 Å².